The van der Waals surface area contributed by atoms with E-state index in [1.165, 1.54) is 0 Å². The lowest BCUT2D eigenvalue weighted by molar-refractivity contribution is 0.0752. The Balaban J connectivity index is 2.18. The SMILES string of the molecule is CCN(Cc1cccc(Cl)c1)C(=O)c1cccc(OC)c1. The molecule has 4 heteroatoms. The second kappa shape index (κ2) is 7.14. The highest BCUT2D eigenvalue weighted by Crippen LogP contribution is 2.17. The van der Waals surface area contributed by atoms with Crippen LogP contribution in [0.15, 0.2) is 48.5 Å². The molecule has 2 aromatic carbocycles. The van der Waals surface area contributed by atoms with Crippen LogP contribution in [-0.2, 0) is 6.54 Å². The Labute approximate surface area is 130 Å². The van der Waals surface area contributed by atoms with Gasteiger partial charge < -0.3 is 9.64 Å². The predicted molar refractivity (Wildman–Crippen MR) is 84.9 cm³/mol. The normalized spacial score (nSPS) is 10.2. The Kier molecular flexibility index (Phi) is 5.23. The van der Waals surface area contributed by atoms with Crippen molar-refractivity contribution in [2.24, 2.45) is 0 Å². The van der Waals surface area contributed by atoms with Crippen molar-refractivity contribution in [2.45, 2.75) is 13.5 Å². The van der Waals surface area contributed by atoms with Crippen LogP contribution >= 0.6 is 11.6 Å². The predicted octanol–water partition coefficient (Wildman–Crippen LogP) is 4.01. The fourth-order valence-electron chi connectivity index (χ4n) is 2.12. The van der Waals surface area contributed by atoms with Gasteiger partial charge in [-0.1, -0.05) is 29.8 Å². The summed E-state index contributed by atoms with van der Waals surface area (Å²) in [6.45, 7) is 3.12. The van der Waals surface area contributed by atoms with Gasteiger partial charge in [0.15, 0.2) is 0 Å². The summed E-state index contributed by atoms with van der Waals surface area (Å²) in [5, 5.41) is 0.678. The van der Waals surface area contributed by atoms with E-state index in [2.05, 4.69) is 0 Å². The van der Waals surface area contributed by atoms with E-state index >= 15 is 0 Å². The zero-order valence-corrected chi connectivity index (χ0v) is 12.9. The van der Waals surface area contributed by atoms with Gasteiger partial charge in [0.1, 0.15) is 5.75 Å². The molecule has 0 aromatic heterocycles. The molecular formula is C17H18ClNO2. The number of rotatable bonds is 5. The van der Waals surface area contributed by atoms with Crippen LogP contribution in [0.1, 0.15) is 22.8 Å². The van der Waals surface area contributed by atoms with Crippen molar-refractivity contribution >= 4 is 17.5 Å². The first-order chi connectivity index (χ1) is 10.1. The molecule has 0 radical (unpaired) electrons. The van der Waals surface area contributed by atoms with Crippen molar-refractivity contribution in [3.8, 4) is 5.75 Å². The van der Waals surface area contributed by atoms with Gasteiger partial charge in [0.05, 0.1) is 7.11 Å². The molecule has 0 saturated heterocycles. The molecule has 2 rings (SSSR count). The third-order valence-corrected chi connectivity index (χ3v) is 3.48. The Morgan fingerprint density at radius 2 is 1.95 bits per heavy atom. The molecule has 0 fully saturated rings. The molecule has 1 amide bonds. The van der Waals surface area contributed by atoms with Crippen molar-refractivity contribution in [2.75, 3.05) is 13.7 Å². The number of amides is 1. The van der Waals surface area contributed by atoms with Crippen LogP contribution in [0.2, 0.25) is 5.02 Å². The Morgan fingerprint density at radius 1 is 1.19 bits per heavy atom. The molecule has 2 aromatic rings. The molecule has 0 aliphatic carbocycles. The minimum absolute atomic E-state index is 0.0172. The van der Waals surface area contributed by atoms with Crippen molar-refractivity contribution in [1.82, 2.24) is 4.90 Å². The van der Waals surface area contributed by atoms with Gasteiger partial charge in [0.2, 0.25) is 0 Å². The minimum Gasteiger partial charge on any atom is -0.497 e. The van der Waals surface area contributed by atoms with Crippen LogP contribution in [-0.4, -0.2) is 24.5 Å². The average Bonchev–Trinajstić information content (AvgIpc) is 2.52. The van der Waals surface area contributed by atoms with Gasteiger partial charge in [-0.15, -0.1) is 0 Å². The number of carbonyl (C=O) groups is 1. The lowest BCUT2D eigenvalue weighted by Gasteiger charge is -2.21. The summed E-state index contributed by atoms with van der Waals surface area (Å²) in [6.07, 6.45) is 0. The maximum Gasteiger partial charge on any atom is 0.254 e. The lowest BCUT2D eigenvalue weighted by Crippen LogP contribution is -2.30. The summed E-state index contributed by atoms with van der Waals surface area (Å²) >= 11 is 5.99. The summed E-state index contributed by atoms with van der Waals surface area (Å²) < 4.78 is 5.16. The zero-order valence-electron chi connectivity index (χ0n) is 12.2. The van der Waals surface area contributed by atoms with E-state index < -0.39 is 0 Å². The first kappa shape index (κ1) is 15.4. The maximum absolute atomic E-state index is 12.6. The topological polar surface area (TPSA) is 29.5 Å². The molecule has 0 heterocycles. The van der Waals surface area contributed by atoms with Gasteiger partial charge >= 0.3 is 0 Å². The van der Waals surface area contributed by atoms with E-state index in [1.807, 2.05) is 43.3 Å². The molecule has 0 saturated carbocycles. The molecule has 0 unspecified atom stereocenters. The van der Waals surface area contributed by atoms with Crippen molar-refractivity contribution in [1.29, 1.82) is 0 Å². The van der Waals surface area contributed by atoms with Crippen molar-refractivity contribution in [3.05, 3.63) is 64.7 Å². The highest BCUT2D eigenvalue weighted by atomic mass is 35.5. The first-order valence-corrected chi connectivity index (χ1v) is 7.19. The summed E-state index contributed by atoms with van der Waals surface area (Å²) in [5.74, 6) is 0.663. The second-order valence-electron chi connectivity index (χ2n) is 4.68. The maximum atomic E-state index is 12.6. The highest BCUT2D eigenvalue weighted by Gasteiger charge is 2.15. The van der Waals surface area contributed by atoms with Gasteiger partial charge in [0.25, 0.3) is 5.91 Å². The summed E-state index contributed by atoms with van der Waals surface area (Å²) in [6, 6.07) is 14.8. The average molecular weight is 304 g/mol. The van der Waals surface area contributed by atoms with E-state index in [9.17, 15) is 4.79 Å². The third kappa shape index (κ3) is 3.99. The summed E-state index contributed by atoms with van der Waals surface area (Å²) in [4.78, 5) is 14.3. The fourth-order valence-corrected chi connectivity index (χ4v) is 2.33. The van der Waals surface area contributed by atoms with Crippen LogP contribution in [0.25, 0.3) is 0 Å². The summed E-state index contributed by atoms with van der Waals surface area (Å²) in [7, 11) is 1.59. The molecule has 0 aliphatic heterocycles. The van der Waals surface area contributed by atoms with Crippen LogP contribution in [0.5, 0.6) is 5.75 Å². The quantitative estimate of drug-likeness (QED) is 0.835. The molecule has 0 bridgehead atoms. The van der Waals surface area contributed by atoms with Crippen LogP contribution in [0.4, 0.5) is 0 Å². The molecule has 110 valence electrons. The minimum atomic E-state index is -0.0172. The monoisotopic (exact) mass is 303 g/mol. The van der Waals surface area contributed by atoms with E-state index in [4.69, 9.17) is 16.3 Å². The number of nitrogens with zero attached hydrogens (tertiary/aromatic N) is 1. The first-order valence-electron chi connectivity index (χ1n) is 6.81. The van der Waals surface area contributed by atoms with E-state index in [1.54, 1.807) is 24.1 Å². The standard InChI is InChI=1S/C17H18ClNO2/c1-3-19(12-13-6-4-8-15(18)10-13)17(20)14-7-5-9-16(11-14)21-2/h4-11H,3,12H2,1-2H3. The summed E-state index contributed by atoms with van der Waals surface area (Å²) in [5.41, 5.74) is 1.64. The van der Waals surface area contributed by atoms with Gasteiger partial charge in [-0.2, -0.15) is 0 Å². The Bertz CT molecular complexity index is 628. The van der Waals surface area contributed by atoms with E-state index in [0.29, 0.717) is 29.4 Å². The molecule has 0 atom stereocenters. The number of hydrogen-bond donors (Lipinski definition) is 0. The number of carbonyl (C=O) groups excluding carboxylic acids is 1. The number of methoxy groups -OCH3 is 1. The molecule has 0 spiro atoms. The van der Waals surface area contributed by atoms with Crippen molar-refractivity contribution < 1.29 is 9.53 Å². The number of ether oxygens (including phenoxy) is 1. The molecule has 3 nitrogen and oxygen atoms in total. The van der Waals surface area contributed by atoms with Crippen LogP contribution in [0, 0.1) is 0 Å². The fraction of sp³-hybridized carbons (Fsp3) is 0.235. The molecular weight excluding hydrogens is 286 g/mol. The van der Waals surface area contributed by atoms with Crippen LogP contribution in [0.3, 0.4) is 0 Å². The van der Waals surface area contributed by atoms with Gasteiger partial charge in [-0.25, -0.2) is 0 Å². The van der Waals surface area contributed by atoms with Gasteiger partial charge in [-0.05, 0) is 42.8 Å². The number of benzene rings is 2. The Hall–Kier alpha value is -2.00. The molecule has 21 heavy (non-hydrogen) atoms. The van der Waals surface area contributed by atoms with Gasteiger partial charge in [0, 0.05) is 23.7 Å². The lowest BCUT2D eigenvalue weighted by atomic mass is 10.1. The zero-order chi connectivity index (χ0) is 15.2. The van der Waals surface area contributed by atoms with Crippen LogP contribution < -0.4 is 4.74 Å². The molecule has 0 N–H and O–H groups in total. The Morgan fingerprint density at radius 3 is 2.62 bits per heavy atom. The van der Waals surface area contributed by atoms with Gasteiger partial charge in [-0.3, -0.25) is 4.79 Å². The third-order valence-electron chi connectivity index (χ3n) is 3.25. The van der Waals surface area contributed by atoms with E-state index in [-0.39, 0.29) is 5.91 Å². The van der Waals surface area contributed by atoms with Crippen molar-refractivity contribution in [3.63, 3.8) is 0 Å². The largest absolute Gasteiger partial charge is 0.497 e. The number of hydrogen-bond acceptors (Lipinski definition) is 2. The smallest absolute Gasteiger partial charge is 0.254 e. The highest BCUT2D eigenvalue weighted by molar-refractivity contribution is 6.30. The molecule has 0 aliphatic rings. The second-order valence-corrected chi connectivity index (χ2v) is 5.12. The van der Waals surface area contributed by atoms with E-state index in [0.717, 1.165) is 5.56 Å². The number of halogens is 1.